The molecule has 0 spiro atoms. The van der Waals surface area contributed by atoms with Crippen molar-refractivity contribution >= 4 is 47.4 Å². The predicted molar refractivity (Wildman–Crippen MR) is 108 cm³/mol. The van der Waals surface area contributed by atoms with Crippen LogP contribution in [-0.2, 0) is 4.79 Å². The number of rotatable bonds is 6. The Morgan fingerprint density at radius 1 is 1.31 bits per heavy atom. The highest BCUT2D eigenvalue weighted by molar-refractivity contribution is 6.42. The second-order valence-electron chi connectivity index (χ2n) is 6.42. The zero-order valence-corrected chi connectivity index (χ0v) is 17.4. The molecule has 1 unspecified atom stereocenters. The second kappa shape index (κ2) is 11.0. The Labute approximate surface area is 171 Å². The minimum atomic E-state index is -0.172. The number of nitrogens with one attached hydrogen (secondary N) is 2. The minimum Gasteiger partial charge on any atom is -0.354 e. The topological polar surface area (TPSA) is 61.4 Å². The van der Waals surface area contributed by atoms with E-state index in [1.54, 1.807) is 23.1 Å². The van der Waals surface area contributed by atoms with Gasteiger partial charge in [0.05, 0.1) is 16.0 Å². The number of halogens is 3. The van der Waals surface area contributed by atoms with Crippen LogP contribution in [0.2, 0.25) is 10.0 Å². The van der Waals surface area contributed by atoms with Crippen LogP contribution in [0.5, 0.6) is 0 Å². The summed E-state index contributed by atoms with van der Waals surface area (Å²) < 4.78 is 0. The summed E-state index contributed by atoms with van der Waals surface area (Å²) >= 11 is 11.9. The first-order valence-corrected chi connectivity index (χ1v) is 9.43. The number of likely N-dealkylation sites (N-methyl/N-ethyl adjacent to an activating group) is 1. The van der Waals surface area contributed by atoms with Crippen molar-refractivity contribution in [3.8, 4) is 0 Å². The lowest BCUT2D eigenvalue weighted by molar-refractivity contribution is -0.126. The van der Waals surface area contributed by atoms with E-state index < -0.39 is 0 Å². The van der Waals surface area contributed by atoms with Crippen LogP contribution < -0.4 is 10.6 Å². The van der Waals surface area contributed by atoms with E-state index in [0.29, 0.717) is 35.2 Å². The zero-order chi connectivity index (χ0) is 18.4. The molecule has 0 aromatic heterocycles. The van der Waals surface area contributed by atoms with Gasteiger partial charge in [-0.2, -0.15) is 0 Å². The number of carbonyl (C=O) groups is 2. The molecule has 2 N–H and O–H groups in total. The number of benzene rings is 1. The van der Waals surface area contributed by atoms with Gasteiger partial charge < -0.3 is 15.5 Å². The standard InChI is InChI=1S/C18H25Cl2N3O2.ClH/c1-3-21-12(2)10-22-17(24)14-5-4-8-23(11-14)18(25)13-6-7-15(19)16(20)9-13;/h6-7,9,12,14,21H,3-5,8,10-11H2,1-2H3,(H,22,24);1H/t12-,14?;/m1./s1. The van der Waals surface area contributed by atoms with Gasteiger partial charge in [-0.1, -0.05) is 30.1 Å². The van der Waals surface area contributed by atoms with Gasteiger partial charge in [0.1, 0.15) is 0 Å². The molecule has 2 amide bonds. The van der Waals surface area contributed by atoms with Gasteiger partial charge in [-0.15, -0.1) is 12.4 Å². The van der Waals surface area contributed by atoms with E-state index >= 15 is 0 Å². The molecule has 0 bridgehead atoms. The maximum absolute atomic E-state index is 12.7. The first-order valence-electron chi connectivity index (χ1n) is 8.67. The molecule has 2 atom stereocenters. The molecule has 1 aromatic rings. The summed E-state index contributed by atoms with van der Waals surface area (Å²) in [6.45, 7) is 6.60. The third kappa shape index (κ3) is 6.31. The number of hydrogen-bond donors (Lipinski definition) is 2. The van der Waals surface area contributed by atoms with Crippen molar-refractivity contribution in [2.75, 3.05) is 26.2 Å². The molecule has 1 aromatic carbocycles. The molecule has 0 aliphatic carbocycles. The summed E-state index contributed by atoms with van der Waals surface area (Å²) in [4.78, 5) is 26.8. The Morgan fingerprint density at radius 2 is 2.04 bits per heavy atom. The third-order valence-electron chi connectivity index (χ3n) is 4.38. The summed E-state index contributed by atoms with van der Waals surface area (Å²) in [5, 5.41) is 7.01. The van der Waals surface area contributed by atoms with E-state index in [1.165, 1.54) is 0 Å². The Kier molecular flexibility index (Phi) is 9.72. The van der Waals surface area contributed by atoms with Crippen LogP contribution in [-0.4, -0.2) is 48.9 Å². The van der Waals surface area contributed by atoms with Crippen molar-refractivity contribution in [1.82, 2.24) is 15.5 Å². The van der Waals surface area contributed by atoms with Crippen molar-refractivity contribution in [3.05, 3.63) is 33.8 Å². The molecule has 1 saturated heterocycles. The van der Waals surface area contributed by atoms with Gasteiger partial charge in [0.15, 0.2) is 0 Å². The van der Waals surface area contributed by atoms with Crippen LogP contribution in [0.15, 0.2) is 18.2 Å². The van der Waals surface area contributed by atoms with E-state index in [1.807, 2.05) is 13.8 Å². The first kappa shape index (κ1) is 23.0. The van der Waals surface area contributed by atoms with Crippen molar-refractivity contribution < 1.29 is 9.59 Å². The van der Waals surface area contributed by atoms with Crippen LogP contribution in [0.1, 0.15) is 37.0 Å². The Hall–Kier alpha value is -1.01. The van der Waals surface area contributed by atoms with Crippen molar-refractivity contribution in [2.45, 2.75) is 32.7 Å². The van der Waals surface area contributed by atoms with Crippen LogP contribution in [0, 0.1) is 5.92 Å². The largest absolute Gasteiger partial charge is 0.354 e. The molecule has 0 radical (unpaired) electrons. The fourth-order valence-electron chi connectivity index (χ4n) is 3.01. The quantitative estimate of drug-likeness (QED) is 0.739. The number of carbonyl (C=O) groups excluding carboxylic acids is 2. The second-order valence-corrected chi connectivity index (χ2v) is 7.24. The van der Waals surface area contributed by atoms with E-state index in [2.05, 4.69) is 10.6 Å². The van der Waals surface area contributed by atoms with E-state index in [9.17, 15) is 9.59 Å². The monoisotopic (exact) mass is 421 g/mol. The average Bonchev–Trinajstić information content (AvgIpc) is 2.61. The number of hydrogen-bond acceptors (Lipinski definition) is 3. The van der Waals surface area contributed by atoms with Crippen LogP contribution in [0.25, 0.3) is 0 Å². The van der Waals surface area contributed by atoms with Gasteiger partial charge in [0.2, 0.25) is 5.91 Å². The Bertz CT molecular complexity index is 628. The fourth-order valence-corrected chi connectivity index (χ4v) is 3.30. The average molecular weight is 423 g/mol. The van der Waals surface area contributed by atoms with Crippen LogP contribution >= 0.6 is 35.6 Å². The number of nitrogens with zero attached hydrogens (tertiary/aromatic N) is 1. The third-order valence-corrected chi connectivity index (χ3v) is 5.12. The lowest BCUT2D eigenvalue weighted by atomic mass is 9.96. The summed E-state index contributed by atoms with van der Waals surface area (Å²) in [6.07, 6.45) is 1.61. The summed E-state index contributed by atoms with van der Waals surface area (Å²) in [7, 11) is 0. The highest BCUT2D eigenvalue weighted by Gasteiger charge is 2.29. The SMILES string of the molecule is CCN[C@H](C)CNC(=O)C1CCCN(C(=O)c2ccc(Cl)c(Cl)c2)C1.Cl. The van der Waals surface area contributed by atoms with E-state index in [-0.39, 0.29) is 36.2 Å². The summed E-state index contributed by atoms with van der Waals surface area (Å²) in [5.41, 5.74) is 0.497. The van der Waals surface area contributed by atoms with Gasteiger partial charge >= 0.3 is 0 Å². The molecule has 1 aliphatic heterocycles. The highest BCUT2D eigenvalue weighted by Crippen LogP contribution is 2.25. The lowest BCUT2D eigenvalue weighted by Crippen LogP contribution is -2.47. The molecule has 5 nitrogen and oxygen atoms in total. The smallest absolute Gasteiger partial charge is 0.253 e. The Morgan fingerprint density at radius 3 is 2.69 bits per heavy atom. The molecule has 2 rings (SSSR count). The maximum Gasteiger partial charge on any atom is 0.253 e. The maximum atomic E-state index is 12.7. The fraction of sp³-hybridized carbons (Fsp3) is 0.556. The van der Waals surface area contributed by atoms with Gasteiger partial charge in [-0.05, 0) is 44.5 Å². The zero-order valence-electron chi connectivity index (χ0n) is 15.1. The van der Waals surface area contributed by atoms with Crippen LogP contribution in [0.3, 0.4) is 0 Å². The Balaban J connectivity index is 0.00000338. The van der Waals surface area contributed by atoms with Crippen molar-refractivity contribution in [2.24, 2.45) is 5.92 Å². The van der Waals surface area contributed by atoms with Crippen molar-refractivity contribution in [1.29, 1.82) is 0 Å². The minimum absolute atomic E-state index is 0. The van der Waals surface area contributed by atoms with Gasteiger partial charge in [0, 0.05) is 31.2 Å². The molecule has 26 heavy (non-hydrogen) atoms. The molecular weight excluding hydrogens is 397 g/mol. The van der Waals surface area contributed by atoms with E-state index in [0.717, 1.165) is 19.4 Å². The summed E-state index contributed by atoms with van der Waals surface area (Å²) in [6, 6.07) is 5.09. The number of piperidine rings is 1. The lowest BCUT2D eigenvalue weighted by Gasteiger charge is -2.32. The first-order chi connectivity index (χ1) is 11.9. The number of amides is 2. The normalized spacial score (nSPS) is 18.0. The number of likely N-dealkylation sites (tertiary alicyclic amines) is 1. The van der Waals surface area contributed by atoms with Gasteiger partial charge in [-0.3, -0.25) is 9.59 Å². The molecule has 0 saturated carbocycles. The molecule has 8 heteroatoms. The molecular formula is C18H26Cl3N3O2. The molecule has 1 aliphatic rings. The summed E-state index contributed by atoms with van der Waals surface area (Å²) in [5.74, 6) is -0.275. The molecule has 1 heterocycles. The van der Waals surface area contributed by atoms with Crippen LogP contribution in [0.4, 0.5) is 0 Å². The highest BCUT2D eigenvalue weighted by atomic mass is 35.5. The molecule has 1 fully saturated rings. The van der Waals surface area contributed by atoms with Crippen molar-refractivity contribution in [3.63, 3.8) is 0 Å². The van der Waals surface area contributed by atoms with E-state index in [4.69, 9.17) is 23.2 Å². The molecule has 146 valence electrons. The van der Waals surface area contributed by atoms with Gasteiger partial charge in [-0.25, -0.2) is 0 Å². The van der Waals surface area contributed by atoms with Gasteiger partial charge in [0.25, 0.3) is 5.91 Å². The predicted octanol–water partition coefficient (Wildman–Crippen LogP) is 3.38.